The lowest BCUT2D eigenvalue weighted by atomic mass is 10.1. The van der Waals surface area contributed by atoms with Crippen molar-refractivity contribution in [3.05, 3.63) is 47.4 Å². The Labute approximate surface area is 77.0 Å². The highest BCUT2D eigenvalue weighted by Crippen LogP contribution is 2.25. The van der Waals surface area contributed by atoms with Gasteiger partial charge in [-0.1, -0.05) is 18.2 Å². The second-order valence-electron chi connectivity index (χ2n) is 3.09. The SMILES string of the molecule is [C-]#[N+]C(C)c1c[nH]c2ccccc12. The topological polar surface area (TPSA) is 20.1 Å². The Hall–Kier alpha value is -1.75. The number of nitrogens with one attached hydrogen (secondary N) is 1. The van der Waals surface area contributed by atoms with Gasteiger partial charge in [0.05, 0.1) is 5.56 Å². The molecule has 13 heavy (non-hydrogen) atoms. The standard InChI is InChI=1S/C11H10N2/c1-8(12-2)10-7-13-11-6-4-3-5-9(10)11/h3-8,13H,1H3. The van der Waals surface area contributed by atoms with Crippen LogP contribution in [-0.4, -0.2) is 4.98 Å². The maximum atomic E-state index is 6.97. The van der Waals surface area contributed by atoms with Crippen molar-refractivity contribution < 1.29 is 0 Å². The molecule has 0 aliphatic carbocycles. The molecular weight excluding hydrogens is 160 g/mol. The Morgan fingerprint density at radius 1 is 1.38 bits per heavy atom. The lowest BCUT2D eigenvalue weighted by Gasteiger charge is -1.95. The van der Waals surface area contributed by atoms with Gasteiger partial charge in [-0.25, -0.2) is 6.57 Å². The van der Waals surface area contributed by atoms with Gasteiger partial charge in [0.1, 0.15) is 0 Å². The number of fused-ring (bicyclic) bond motifs is 1. The van der Waals surface area contributed by atoms with Crippen molar-refractivity contribution in [1.29, 1.82) is 0 Å². The maximum Gasteiger partial charge on any atom is 0.248 e. The lowest BCUT2D eigenvalue weighted by Crippen LogP contribution is -1.82. The molecule has 0 saturated heterocycles. The molecule has 0 saturated carbocycles. The first-order valence-corrected chi connectivity index (χ1v) is 4.25. The van der Waals surface area contributed by atoms with Crippen molar-refractivity contribution in [2.24, 2.45) is 0 Å². The molecule has 1 heterocycles. The van der Waals surface area contributed by atoms with Crippen LogP contribution in [0.3, 0.4) is 0 Å². The van der Waals surface area contributed by atoms with Gasteiger partial charge >= 0.3 is 0 Å². The number of benzene rings is 1. The molecule has 2 aromatic rings. The zero-order valence-corrected chi connectivity index (χ0v) is 7.41. The van der Waals surface area contributed by atoms with E-state index in [9.17, 15) is 0 Å². The smallest absolute Gasteiger partial charge is 0.248 e. The predicted octanol–water partition coefficient (Wildman–Crippen LogP) is 3.15. The predicted molar refractivity (Wildman–Crippen MR) is 53.3 cm³/mol. The minimum absolute atomic E-state index is 0.0591. The third-order valence-electron chi connectivity index (χ3n) is 2.26. The molecule has 1 aromatic heterocycles. The molecule has 0 bridgehead atoms. The number of para-hydroxylation sites is 1. The van der Waals surface area contributed by atoms with E-state index in [1.54, 1.807) is 0 Å². The molecule has 0 aliphatic rings. The van der Waals surface area contributed by atoms with E-state index in [1.165, 1.54) is 0 Å². The summed E-state index contributed by atoms with van der Waals surface area (Å²) in [6, 6.07) is 8.00. The molecule has 0 aliphatic heterocycles. The average Bonchev–Trinajstić information content (AvgIpc) is 2.60. The van der Waals surface area contributed by atoms with Gasteiger partial charge in [0.2, 0.25) is 6.04 Å². The molecule has 0 amide bonds. The molecule has 2 rings (SSSR count). The van der Waals surface area contributed by atoms with Crippen LogP contribution in [0, 0.1) is 6.57 Å². The average molecular weight is 170 g/mol. The van der Waals surface area contributed by atoms with Crippen molar-refractivity contribution in [2.75, 3.05) is 0 Å². The molecule has 2 nitrogen and oxygen atoms in total. The summed E-state index contributed by atoms with van der Waals surface area (Å²) < 4.78 is 0. The normalized spacial score (nSPS) is 12.6. The number of nitrogens with zero attached hydrogens (tertiary/aromatic N) is 1. The molecule has 0 radical (unpaired) electrons. The van der Waals surface area contributed by atoms with Gasteiger partial charge in [0.25, 0.3) is 0 Å². The molecule has 2 heteroatoms. The zero-order chi connectivity index (χ0) is 9.26. The third kappa shape index (κ3) is 1.19. The van der Waals surface area contributed by atoms with Gasteiger partial charge in [-0.3, -0.25) is 0 Å². The zero-order valence-electron chi connectivity index (χ0n) is 7.41. The first-order valence-electron chi connectivity index (χ1n) is 4.25. The number of hydrogen-bond donors (Lipinski definition) is 1. The molecule has 1 aromatic carbocycles. The minimum atomic E-state index is -0.0591. The van der Waals surface area contributed by atoms with Crippen molar-refractivity contribution in [1.82, 2.24) is 4.98 Å². The Bertz CT molecular complexity index is 462. The van der Waals surface area contributed by atoms with Gasteiger partial charge in [-0.2, -0.15) is 0 Å². The van der Waals surface area contributed by atoms with Gasteiger partial charge in [0.15, 0.2) is 0 Å². The Morgan fingerprint density at radius 3 is 2.92 bits per heavy atom. The van der Waals surface area contributed by atoms with Crippen LogP contribution >= 0.6 is 0 Å². The summed E-state index contributed by atoms with van der Waals surface area (Å²) in [5, 5.41) is 1.16. The Kier molecular flexibility index (Phi) is 1.79. The summed E-state index contributed by atoms with van der Waals surface area (Å²) in [5.41, 5.74) is 2.19. The first kappa shape index (κ1) is 7.88. The van der Waals surface area contributed by atoms with Crippen LogP contribution in [0.2, 0.25) is 0 Å². The highest BCUT2D eigenvalue weighted by molar-refractivity contribution is 5.83. The van der Waals surface area contributed by atoms with E-state index < -0.39 is 0 Å². The van der Waals surface area contributed by atoms with E-state index in [4.69, 9.17) is 6.57 Å². The van der Waals surface area contributed by atoms with Crippen LogP contribution in [0.4, 0.5) is 0 Å². The summed E-state index contributed by atoms with van der Waals surface area (Å²) in [5.74, 6) is 0. The highest BCUT2D eigenvalue weighted by atomic mass is 14.7. The molecule has 1 unspecified atom stereocenters. The Balaban J connectivity index is 2.66. The summed E-state index contributed by atoms with van der Waals surface area (Å²) >= 11 is 0. The third-order valence-corrected chi connectivity index (χ3v) is 2.26. The number of hydrogen-bond acceptors (Lipinski definition) is 0. The van der Waals surface area contributed by atoms with Crippen molar-refractivity contribution in [3.8, 4) is 0 Å². The van der Waals surface area contributed by atoms with Crippen LogP contribution in [-0.2, 0) is 0 Å². The summed E-state index contributed by atoms with van der Waals surface area (Å²) in [6.07, 6.45) is 1.92. The summed E-state index contributed by atoms with van der Waals surface area (Å²) in [6.45, 7) is 8.89. The van der Waals surface area contributed by atoms with Gasteiger partial charge in [-0.15, -0.1) is 0 Å². The van der Waals surface area contributed by atoms with Crippen LogP contribution in [0.25, 0.3) is 15.7 Å². The molecular formula is C11H10N2. The highest BCUT2D eigenvalue weighted by Gasteiger charge is 2.13. The van der Waals surface area contributed by atoms with Crippen LogP contribution in [0.5, 0.6) is 0 Å². The van der Waals surface area contributed by atoms with Crippen molar-refractivity contribution >= 4 is 10.9 Å². The maximum absolute atomic E-state index is 6.97. The molecule has 0 spiro atoms. The molecule has 1 atom stereocenters. The van der Waals surface area contributed by atoms with E-state index in [0.717, 1.165) is 16.5 Å². The molecule has 1 N–H and O–H groups in total. The fourth-order valence-corrected chi connectivity index (χ4v) is 1.51. The van der Waals surface area contributed by atoms with Crippen molar-refractivity contribution in [2.45, 2.75) is 13.0 Å². The molecule has 64 valence electrons. The van der Waals surface area contributed by atoms with Crippen LogP contribution in [0.1, 0.15) is 18.5 Å². The minimum Gasteiger partial charge on any atom is -0.361 e. The quantitative estimate of drug-likeness (QED) is 0.634. The second kappa shape index (κ2) is 2.95. The van der Waals surface area contributed by atoms with E-state index in [0.29, 0.717) is 0 Å². The fraction of sp³-hybridized carbons (Fsp3) is 0.182. The van der Waals surface area contributed by atoms with Gasteiger partial charge < -0.3 is 9.83 Å². The summed E-state index contributed by atoms with van der Waals surface area (Å²) in [7, 11) is 0. The number of rotatable bonds is 1. The fourth-order valence-electron chi connectivity index (χ4n) is 1.51. The van der Waals surface area contributed by atoms with E-state index in [2.05, 4.69) is 9.83 Å². The number of aromatic amines is 1. The van der Waals surface area contributed by atoms with Crippen LogP contribution in [0.15, 0.2) is 30.5 Å². The Morgan fingerprint density at radius 2 is 2.15 bits per heavy atom. The number of H-pyrrole nitrogens is 1. The molecule has 0 fully saturated rings. The van der Waals surface area contributed by atoms with Crippen molar-refractivity contribution in [3.63, 3.8) is 0 Å². The summed E-state index contributed by atoms with van der Waals surface area (Å²) in [4.78, 5) is 6.67. The lowest BCUT2D eigenvalue weighted by molar-refractivity contribution is 0.972. The number of aromatic nitrogens is 1. The monoisotopic (exact) mass is 170 g/mol. The second-order valence-corrected chi connectivity index (χ2v) is 3.09. The largest absolute Gasteiger partial charge is 0.361 e. The van der Waals surface area contributed by atoms with E-state index >= 15 is 0 Å². The first-order chi connectivity index (χ1) is 6.33. The van der Waals surface area contributed by atoms with Crippen LogP contribution < -0.4 is 0 Å². The van der Waals surface area contributed by atoms with Gasteiger partial charge in [-0.05, 0) is 6.07 Å². The van der Waals surface area contributed by atoms with E-state index in [1.807, 2.05) is 37.4 Å². The van der Waals surface area contributed by atoms with E-state index in [-0.39, 0.29) is 6.04 Å². The van der Waals surface area contributed by atoms with Gasteiger partial charge in [0, 0.05) is 24.0 Å².